The van der Waals surface area contributed by atoms with Crippen LogP contribution in [0.2, 0.25) is 5.02 Å². The Balaban J connectivity index is 2.86. The largest absolute Gasteiger partial charge is 0.502 e. The van der Waals surface area contributed by atoms with Crippen LogP contribution in [-0.4, -0.2) is 21.1 Å². The summed E-state index contributed by atoms with van der Waals surface area (Å²) in [6, 6.07) is 2.46. The Hall–Kier alpha value is -1.86. The molecule has 6 nitrogen and oxygen atoms in total. The average Bonchev–Trinajstić information content (AvgIpc) is 2.56. The quantitative estimate of drug-likeness (QED) is 0.647. The van der Waals surface area contributed by atoms with E-state index in [2.05, 4.69) is 0 Å². The molecule has 0 amide bonds. The number of rotatable bonds is 2. The van der Waals surface area contributed by atoms with E-state index in [0.717, 1.165) is 17.4 Å². The molecule has 0 unspecified atom stereocenters. The van der Waals surface area contributed by atoms with Gasteiger partial charge in [-0.25, -0.2) is 4.79 Å². The number of aromatic carboxylic acids is 1. The number of benzene rings is 1. The summed E-state index contributed by atoms with van der Waals surface area (Å²) in [5, 5.41) is 29.0. The number of fused-ring (bicyclic) bond motifs is 1. The molecule has 2 rings (SSSR count). The maximum Gasteiger partial charge on any atom is 0.347 e. The second kappa shape index (κ2) is 3.86. The lowest BCUT2D eigenvalue weighted by molar-refractivity contribution is -0.385. The predicted molar refractivity (Wildman–Crippen MR) is 62.1 cm³/mol. The molecule has 17 heavy (non-hydrogen) atoms. The van der Waals surface area contributed by atoms with Gasteiger partial charge in [0.15, 0.2) is 0 Å². The summed E-state index contributed by atoms with van der Waals surface area (Å²) < 4.78 is 0.385. The van der Waals surface area contributed by atoms with Crippen LogP contribution in [-0.2, 0) is 0 Å². The van der Waals surface area contributed by atoms with E-state index in [4.69, 9.17) is 16.7 Å². The molecule has 2 aromatic rings. The normalized spacial score (nSPS) is 10.6. The van der Waals surface area contributed by atoms with Crippen molar-refractivity contribution in [2.75, 3.05) is 0 Å². The summed E-state index contributed by atoms with van der Waals surface area (Å²) in [7, 11) is 0. The van der Waals surface area contributed by atoms with Gasteiger partial charge in [-0.15, -0.1) is 11.3 Å². The first-order chi connectivity index (χ1) is 7.93. The number of aromatic hydroxyl groups is 1. The van der Waals surface area contributed by atoms with Crippen LogP contribution < -0.4 is 0 Å². The van der Waals surface area contributed by atoms with Gasteiger partial charge >= 0.3 is 11.7 Å². The molecule has 88 valence electrons. The van der Waals surface area contributed by atoms with E-state index in [0.29, 0.717) is 4.70 Å². The van der Waals surface area contributed by atoms with Crippen LogP contribution in [0, 0.1) is 10.1 Å². The first-order valence-electron chi connectivity index (χ1n) is 4.25. The number of hydrogen-bond donors (Lipinski definition) is 2. The van der Waals surface area contributed by atoms with E-state index >= 15 is 0 Å². The van der Waals surface area contributed by atoms with E-state index in [-0.39, 0.29) is 15.3 Å². The van der Waals surface area contributed by atoms with E-state index < -0.39 is 22.3 Å². The molecule has 0 bridgehead atoms. The molecule has 0 spiro atoms. The van der Waals surface area contributed by atoms with Crippen molar-refractivity contribution in [3.63, 3.8) is 0 Å². The van der Waals surface area contributed by atoms with Crippen LogP contribution in [0.25, 0.3) is 10.1 Å². The maximum atomic E-state index is 10.8. The summed E-state index contributed by atoms with van der Waals surface area (Å²) >= 11 is 6.63. The zero-order valence-corrected chi connectivity index (χ0v) is 9.58. The molecule has 0 saturated heterocycles. The molecular formula is C9H4ClNO5S. The Morgan fingerprint density at radius 2 is 2.12 bits per heavy atom. The smallest absolute Gasteiger partial charge is 0.347 e. The van der Waals surface area contributed by atoms with Gasteiger partial charge in [0.25, 0.3) is 0 Å². The van der Waals surface area contributed by atoms with Gasteiger partial charge in [0.05, 0.1) is 15.3 Å². The number of phenols is 1. The summed E-state index contributed by atoms with van der Waals surface area (Å²) in [5.74, 6) is -1.85. The fourth-order valence-corrected chi connectivity index (χ4v) is 2.79. The number of nitro benzene ring substituents is 1. The molecule has 1 aromatic heterocycles. The third-order valence-corrected chi connectivity index (χ3v) is 3.77. The first kappa shape index (κ1) is 11.6. The lowest BCUT2D eigenvalue weighted by Gasteiger charge is -1.97. The zero-order chi connectivity index (χ0) is 12.7. The van der Waals surface area contributed by atoms with Crippen molar-refractivity contribution in [3.05, 3.63) is 32.1 Å². The standard InChI is InChI=1S/C9H4ClNO5S/c10-6-5-4(17-8(6)9(13)14)2-1-3(7(5)12)11(15)16/h1-2,12H,(H,13,14). The Labute approximate surface area is 103 Å². The average molecular weight is 274 g/mol. The van der Waals surface area contributed by atoms with E-state index in [1.54, 1.807) is 0 Å². The monoisotopic (exact) mass is 273 g/mol. The highest BCUT2D eigenvalue weighted by Gasteiger charge is 2.24. The lowest BCUT2D eigenvalue weighted by Crippen LogP contribution is -1.91. The van der Waals surface area contributed by atoms with Gasteiger partial charge in [0, 0.05) is 10.8 Å². The number of carboxylic acids is 1. The minimum atomic E-state index is -1.24. The van der Waals surface area contributed by atoms with Crippen molar-refractivity contribution in [2.45, 2.75) is 0 Å². The van der Waals surface area contributed by atoms with Gasteiger partial charge in [-0.3, -0.25) is 10.1 Å². The van der Waals surface area contributed by atoms with E-state index in [9.17, 15) is 20.0 Å². The van der Waals surface area contributed by atoms with Crippen LogP contribution in [0.3, 0.4) is 0 Å². The number of nitro groups is 1. The van der Waals surface area contributed by atoms with E-state index in [1.165, 1.54) is 6.07 Å². The maximum absolute atomic E-state index is 10.8. The molecule has 0 aliphatic rings. The fourth-order valence-electron chi connectivity index (χ4n) is 1.41. The number of carboxylic acid groups (broad SMARTS) is 1. The third kappa shape index (κ3) is 1.69. The van der Waals surface area contributed by atoms with Crippen molar-refractivity contribution < 1.29 is 19.9 Å². The van der Waals surface area contributed by atoms with Crippen molar-refractivity contribution in [3.8, 4) is 5.75 Å². The van der Waals surface area contributed by atoms with Crippen LogP contribution in [0.5, 0.6) is 5.75 Å². The number of halogens is 1. The molecule has 2 N–H and O–H groups in total. The highest BCUT2D eigenvalue weighted by molar-refractivity contribution is 7.21. The van der Waals surface area contributed by atoms with Gasteiger partial charge in [-0.05, 0) is 6.07 Å². The van der Waals surface area contributed by atoms with Crippen LogP contribution >= 0.6 is 22.9 Å². The lowest BCUT2D eigenvalue weighted by atomic mass is 10.2. The van der Waals surface area contributed by atoms with Gasteiger partial charge in [-0.2, -0.15) is 0 Å². The highest BCUT2D eigenvalue weighted by Crippen LogP contribution is 2.44. The topological polar surface area (TPSA) is 101 Å². The van der Waals surface area contributed by atoms with Crippen LogP contribution in [0.15, 0.2) is 12.1 Å². The molecular weight excluding hydrogens is 270 g/mol. The molecule has 0 aliphatic heterocycles. The van der Waals surface area contributed by atoms with Gasteiger partial charge in [-0.1, -0.05) is 11.6 Å². The SMILES string of the molecule is O=C(O)c1sc2ccc([N+](=O)[O-])c(O)c2c1Cl. The molecule has 0 atom stereocenters. The Bertz CT molecular complexity index is 638. The summed E-state index contributed by atoms with van der Waals surface area (Å²) in [6.45, 7) is 0. The Morgan fingerprint density at radius 1 is 1.47 bits per heavy atom. The second-order valence-electron chi connectivity index (χ2n) is 3.11. The molecule has 0 fully saturated rings. The number of nitrogens with zero attached hydrogens (tertiary/aromatic N) is 1. The minimum absolute atomic E-state index is 0.00302. The van der Waals surface area contributed by atoms with E-state index in [1.807, 2.05) is 0 Å². The number of phenolic OH excluding ortho intramolecular Hbond substituents is 1. The number of hydrogen-bond acceptors (Lipinski definition) is 5. The fraction of sp³-hybridized carbons (Fsp3) is 0. The minimum Gasteiger partial charge on any atom is -0.502 e. The summed E-state index contributed by atoms with van der Waals surface area (Å²) in [5.41, 5.74) is -0.505. The summed E-state index contributed by atoms with van der Waals surface area (Å²) in [4.78, 5) is 20.5. The zero-order valence-electron chi connectivity index (χ0n) is 8.01. The molecule has 0 radical (unpaired) electrons. The Morgan fingerprint density at radius 3 is 2.65 bits per heavy atom. The van der Waals surface area contributed by atoms with Crippen LogP contribution in [0.1, 0.15) is 9.67 Å². The molecule has 1 aromatic carbocycles. The molecule has 0 aliphatic carbocycles. The third-order valence-electron chi connectivity index (χ3n) is 2.14. The summed E-state index contributed by atoms with van der Waals surface area (Å²) in [6.07, 6.45) is 0. The molecule has 0 saturated carbocycles. The first-order valence-corrected chi connectivity index (χ1v) is 5.44. The van der Waals surface area contributed by atoms with Crippen molar-refractivity contribution in [2.24, 2.45) is 0 Å². The van der Waals surface area contributed by atoms with Crippen molar-refractivity contribution >= 4 is 44.7 Å². The van der Waals surface area contributed by atoms with Gasteiger partial charge in [0.2, 0.25) is 5.75 Å². The molecule has 1 heterocycles. The molecule has 8 heteroatoms. The van der Waals surface area contributed by atoms with Crippen LogP contribution in [0.4, 0.5) is 5.69 Å². The number of thiophene rings is 1. The van der Waals surface area contributed by atoms with Crippen molar-refractivity contribution in [1.82, 2.24) is 0 Å². The van der Waals surface area contributed by atoms with Gasteiger partial charge < -0.3 is 10.2 Å². The Kier molecular flexibility index (Phi) is 2.64. The van der Waals surface area contributed by atoms with Gasteiger partial charge in [0.1, 0.15) is 4.88 Å². The number of carbonyl (C=O) groups is 1. The highest BCUT2D eigenvalue weighted by atomic mass is 35.5. The second-order valence-corrected chi connectivity index (χ2v) is 4.54. The van der Waals surface area contributed by atoms with Crippen molar-refractivity contribution in [1.29, 1.82) is 0 Å². The predicted octanol–water partition coefficient (Wildman–Crippen LogP) is 2.87.